The Bertz CT molecular complexity index is 528. The van der Waals surface area contributed by atoms with Crippen molar-refractivity contribution in [3.05, 3.63) is 54.6 Å². The first-order valence-electron chi connectivity index (χ1n) is 6.84. The summed E-state index contributed by atoms with van der Waals surface area (Å²) in [5.74, 6) is 0.144. The molecule has 2 atom stereocenters. The summed E-state index contributed by atoms with van der Waals surface area (Å²) < 4.78 is 59.9. The Morgan fingerprint density at radius 3 is 2.41 bits per heavy atom. The number of alkyl halides is 2. The van der Waals surface area contributed by atoms with Crippen molar-refractivity contribution in [2.75, 3.05) is 6.61 Å². The third-order valence-electron chi connectivity index (χ3n) is 3.43. The van der Waals surface area contributed by atoms with Crippen molar-refractivity contribution >= 4 is 0 Å². The zero-order valence-corrected chi connectivity index (χ0v) is 11.8. The highest BCUT2D eigenvalue weighted by atomic mass is 19.3. The molecular formula is C16H16F4O2. The van der Waals surface area contributed by atoms with E-state index in [0.717, 1.165) is 18.4 Å². The van der Waals surface area contributed by atoms with E-state index in [2.05, 4.69) is 11.3 Å². The normalized spacial score (nSPS) is 22.0. The zero-order valence-electron chi connectivity index (χ0n) is 11.8. The molecule has 1 aliphatic heterocycles. The monoisotopic (exact) mass is 316 g/mol. The van der Waals surface area contributed by atoms with Crippen LogP contribution in [-0.4, -0.2) is 12.7 Å². The smallest absolute Gasteiger partial charge is 0.425 e. The second-order valence-electron chi connectivity index (χ2n) is 5.06. The first kappa shape index (κ1) is 16.5. The third kappa shape index (κ3) is 4.59. The van der Waals surface area contributed by atoms with Crippen molar-refractivity contribution in [1.29, 1.82) is 0 Å². The SMILES string of the molecule is C=CC1CCC(c2ccc(OC(F)(F)C=C(F)F)cc2)OC1. The lowest BCUT2D eigenvalue weighted by Crippen LogP contribution is -2.22. The van der Waals surface area contributed by atoms with E-state index in [1.165, 1.54) is 12.1 Å². The van der Waals surface area contributed by atoms with Crippen LogP contribution in [0.2, 0.25) is 0 Å². The summed E-state index contributed by atoms with van der Waals surface area (Å²) in [6, 6.07) is 5.83. The van der Waals surface area contributed by atoms with E-state index in [1.54, 1.807) is 12.1 Å². The molecule has 1 heterocycles. The fraction of sp³-hybridized carbons (Fsp3) is 0.375. The van der Waals surface area contributed by atoms with Crippen LogP contribution in [0.4, 0.5) is 17.6 Å². The number of hydrogen-bond donors (Lipinski definition) is 0. The highest BCUT2D eigenvalue weighted by molar-refractivity contribution is 5.29. The lowest BCUT2D eigenvalue weighted by Gasteiger charge is -2.27. The average Bonchev–Trinajstić information content (AvgIpc) is 2.46. The molecule has 2 rings (SSSR count). The molecule has 2 unspecified atom stereocenters. The minimum absolute atomic E-state index is 0.103. The van der Waals surface area contributed by atoms with Crippen LogP contribution in [-0.2, 0) is 4.74 Å². The summed E-state index contributed by atoms with van der Waals surface area (Å²) in [6.45, 7) is 4.30. The molecule has 1 aromatic carbocycles. The highest BCUT2D eigenvalue weighted by Crippen LogP contribution is 2.32. The van der Waals surface area contributed by atoms with E-state index in [1.807, 2.05) is 6.08 Å². The van der Waals surface area contributed by atoms with Crippen LogP contribution < -0.4 is 4.74 Å². The van der Waals surface area contributed by atoms with Gasteiger partial charge in [0.25, 0.3) is 6.08 Å². The number of ether oxygens (including phenoxy) is 2. The van der Waals surface area contributed by atoms with Crippen molar-refractivity contribution in [2.24, 2.45) is 5.92 Å². The number of hydrogen-bond acceptors (Lipinski definition) is 2. The molecule has 0 amide bonds. The Morgan fingerprint density at radius 1 is 1.23 bits per heavy atom. The molecule has 0 spiro atoms. The second kappa shape index (κ2) is 6.96. The van der Waals surface area contributed by atoms with Gasteiger partial charge in [-0.05, 0) is 30.5 Å². The molecule has 0 saturated carbocycles. The van der Waals surface area contributed by atoms with Gasteiger partial charge in [0.05, 0.1) is 18.8 Å². The third-order valence-corrected chi connectivity index (χ3v) is 3.43. The van der Waals surface area contributed by atoms with Gasteiger partial charge in [-0.25, -0.2) is 0 Å². The van der Waals surface area contributed by atoms with E-state index in [4.69, 9.17) is 4.74 Å². The Kier molecular flexibility index (Phi) is 5.24. The summed E-state index contributed by atoms with van der Waals surface area (Å²) in [5, 5.41) is 0. The Hall–Kier alpha value is -1.82. The van der Waals surface area contributed by atoms with Crippen LogP contribution in [0.3, 0.4) is 0 Å². The van der Waals surface area contributed by atoms with E-state index < -0.39 is 18.3 Å². The summed E-state index contributed by atoms with van der Waals surface area (Å²) in [4.78, 5) is 0. The quantitative estimate of drug-likeness (QED) is 0.556. The maximum absolute atomic E-state index is 13.1. The van der Waals surface area contributed by atoms with Crippen molar-refractivity contribution < 1.29 is 27.0 Å². The maximum atomic E-state index is 13.1. The summed E-state index contributed by atoms with van der Waals surface area (Å²) in [6.07, 6.45) is -3.55. The van der Waals surface area contributed by atoms with E-state index in [0.29, 0.717) is 12.5 Å². The second-order valence-corrected chi connectivity index (χ2v) is 5.06. The van der Waals surface area contributed by atoms with Crippen LogP contribution in [0.25, 0.3) is 0 Å². The Morgan fingerprint density at radius 2 is 1.91 bits per heavy atom. The molecule has 120 valence electrons. The van der Waals surface area contributed by atoms with Crippen molar-refractivity contribution in [2.45, 2.75) is 25.1 Å². The van der Waals surface area contributed by atoms with Gasteiger partial charge in [0.1, 0.15) is 5.75 Å². The van der Waals surface area contributed by atoms with Crippen LogP contribution in [0.5, 0.6) is 5.75 Å². The molecule has 0 aliphatic carbocycles. The molecule has 22 heavy (non-hydrogen) atoms. The average molecular weight is 316 g/mol. The maximum Gasteiger partial charge on any atom is 0.425 e. The molecule has 1 fully saturated rings. The van der Waals surface area contributed by atoms with E-state index >= 15 is 0 Å². The zero-order chi connectivity index (χ0) is 16.2. The molecule has 1 aromatic rings. The van der Waals surface area contributed by atoms with Gasteiger partial charge in [-0.2, -0.15) is 17.6 Å². The standard InChI is InChI=1S/C16H16F4O2/c1-2-11-3-8-14(21-10-11)12-4-6-13(7-5-12)22-16(19,20)9-15(17)18/h2,4-7,9,11,14H,1,3,8,10H2. The summed E-state index contributed by atoms with van der Waals surface area (Å²) >= 11 is 0. The fourth-order valence-corrected chi connectivity index (χ4v) is 2.28. The summed E-state index contributed by atoms with van der Waals surface area (Å²) in [5.41, 5.74) is 0.838. The predicted octanol–water partition coefficient (Wildman–Crippen LogP) is 5.09. The lowest BCUT2D eigenvalue weighted by molar-refractivity contribution is -0.133. The number of benzene rings is 1. The molecule has 0 radical (unpaired) electrons. The van der Waals surface area contributed by atoms with Gasteiger partial charge in [0, 0.05) is 5.92 Å². The molecular weight excluding hydrogens is 300 g/mol. The minimum atomic E-state index is -4.04. The van der Waals surface area contributed by atoms with Crippen molar-refractivity contribution in [3.63, 3.8) is 0 Å². The van der Waals surface area contributed by atoms with Crippen molar-refractivity contribution in [1.82, 2.24) is 0 Å². The predicted molar refractivity (Wildman–Crippen MR) is 73.9 cm³/mol. The topological polar surface area (TPSA) is 18.5 Å². The van der Waals surface area contributed by atoms with Gasteiger partial charge in [-0.1, -0.05) is 18.2 Å². The molecule has 1 aliphatic rings. The molecule has 0 N–H and O–H groups in total. The van der Waals surface area contributed by atoms with Crippen LogP contribution in [0.1, 0.15) is 24.5 Å². The van der Waals surface area contributed by atoms with Gasteiger partial charge in [-0.15, -0.1) is 6.58 Å². The molecule has 0 bridgehead atoms. The van der Waals surface area contributed by atoms with Gasteiger partial charge in [-0.3, -0.25) is 0 Å². The van der Waals surface area contributed by atoms with Gasteiger partial charge >= 0.3 is 6.11 Å². The summed E-state index contributed by atoms with van der Waals surface area (Å²) in [7, 11) is 0. The number of rotatable bonds is 5. The molecule has 2 nitrogen and oxygen atoms in total. The first-order chi connectivity index (χ1) is 10.4. The van der Waals surface area contributed by atoms with Crippen LogP contribution in [0.15, 0.2) is 49.1 Å². The molecule has 0 aromatic heterocycles. The molecule has 1 saturated heterocycles. The van der Waals surface area contributed by atoms with Crippen LogP contribution >= 0.6 is 0 Å². The fourth-order valence-electron chi connectivity index (χ4n) is 2.28. The van der Waals surface area contributed by atoms with Gasteiger partial charge in [0.15, 0.2) is 0 Å². The largest absolute Gasteiger partial charge is 0.429 e. The van der Waals surface area contributed by atoms with Gasteiger partial charge < -0.3 is 9.47 Å². The Balaban J connectivity index is 1.99. The van der Waals surface area contributed by atoms with Crippen molar-refractivity contribution in [3.8, 4) is 5.75 Å². The first-order valence-corrected chi connectivity index (χ1v) is 6.84. The number of halogens is 4. The van der Waals surface area contributed by atoms with E-state index in [-0.39, 0.29) is 11.9 Å². The minimum Gasteiger partial charge on any atom is -0.429 e. The lowest BCUT2D eigenvalue weighted by atomic mass is 9.95. The Labute approximate surface area is 126 Å². The molecule has 6 heteroatoms. The van der Waals surface area contributed by atoms with Gasteiger partial charge in [0.2, 0.25) is 0 Å². The van der Waals surface area contributed by atoms with E-state index in [9.17, 15) is 17.6 Å². The highest BCUT2D eigenvalue weighted by Gasteiger charge is 2.30. The van der Waals surface area contributed by atoms with Crippen LogP contribution in [0, 0.1) is 5.92 Å².